The molecule has 21 heavy (non-hydrogen) atoms. The van der Waals surface area contributed by atoms with Crippen LogP contribution in [0.4, 0.5) is 11.8 Å². The first-order valence-electron chi connectivity index (χ1n) is 7.81. The second kappa shape index (κ2) is 7.24. The molecule has 2 rings (SSSR count). The number of aromatic nitrogens is 4. The van der Waals surface area contributed by atoms with Crippen LogP contribution >= 0.6 is 0 Å². The molecule has 0 aromatic carbocycles. The van der Waals surface area contributed by atoms with Gasteiger partial charge in [-0.2, -0.15) is 15.1 Å². The zero-order chi connectivity index (χ0) is 15.2. The largest absolute Gasteiger partial charge is 0.367 e. The average Bonchev–Trinajstić information content (AvgIpc) is 2.87. The Kier molecular flexibility index (Phi) is 5.36. The van der Waals surface area contributed by atoms with Gasteiger partial charge < -0.3 is 10.6 Å². The highest BCUT2D eigenvalue weighted by Gasteiger charge is 2.11. The van der Waals surface area contributed by atoms with Crippen molar-refractivity contribution >= 4 is 22.8 Å². The second-order valence-electron chi connectivity index (χ2n) is 5.93. The van der Waals surface area contributed by atoms with Gasteiger partial charge in [0.2, 0.25) is 5.95 Å². The lowest BCUT2D eigenvalue weighted by Crippen LogP contribution is -2.17. The summed E-state index contributed by atoms with van der Waals surface area (Å²) in [6, 6.07) is 0.381. The van der Waals surface area contributed by atoms with Gasteiger partial charge in [-0.3, -0.25) is 5.10 Å². The molecule has 0 spiro atoms. The maximum Gasteiger partial charge on any atom is 0.226 e. The molecule has 0 aliphatic rings. The molecule has 0 saturated heterocycles. The summed E-state index contributed by atoms with van der Waals surface area (Å²) in [5.41, 5.74) is 0.762. The number of hydrogen-bond acceptors (Lipinski definition) is 5. The minimum atomic E-state index is 0.381. The van der Waals surface area contributed by atoms with E-state index in [0.717, 1.165) is 35.7 Å². The van der Waals surface area contributed by atoms with Crippen molar-refractivity contribution in [3.05, 3.63) is 6.20 Å². The van der Waals surface area contributed by atoms with E-state index >= 15 is 0 Å². The smallest absolute Gasteiger partial charge is 0.226 e. The molecule has 3 N–H and O–H groups in total. The van der Waals surface area contributed by atoms with E-state index in [0.29, 0.717) is 12.0 Å². The van der Waals surface area contributed by atoms with Gasteiger partial charge in [0.05, 0.1) is 11.6 Å². The fraction of sp³-hybridized carbons (Fsp3) is 0.667. The van der Waals surface area contributed by atoms with Gasteiger partial charge in [-0.1, -0.05) is 26.7 Å². The van der Waals surface area contributed by atoms with Crippen molar-refractivity contribution in [3.63, 3.8) is 0 Å². The van der Waals surface area contributed by atoms with E-state index in [4.69, 9.17) is 0 Å². The fourth-order valence-corrected chi connectivity index (χ4v) is 2.32. The number of rotatable bonds is 8. The van der Waals surface area contributed by atoms with E-state index in [1.807, 2.05) is 6.92 Å². The average molecular weight is 290 g/mol. The van der Waals surface area contributed by atoms with Gasteiger partial charge in [0, 0.05) is 12.6 Å². The molecular weight excluding hydrogens is 264 g/mol. The summed E-state index contributed by atoms with van der Waals surface area (Å²) in [5, 5.41) is 14.6. The van der Waals surface area contributed by atoms with Gasteiger partial charge in [0.15, 0.2) is 5.65 Å². The molecule has 1 atom stereocenters. The summed E-state index contributed by atoms with van der Waals surface area (Å²) >= 11 is 0. The molecule has 0 bridgehead atoms. The lowest BCUT2D eigenvalue weighted by molar-refractivity contribution is 0.520. The van der Waals surface area contributed by atoms with Crippen molar-refractivity contribution < 1.29 is 0 Å². The molecule has 0 saturated carbocycles. The zero-order valence-corrected chi connectivity index (χ0v) is 13.4. The third kappa shape index (κ3) is 4.31. The second-order valence-corrected chi connectivity index (χ2v) is 5.93. The molecule has 0 radical (unpaired) electrons. The monoisotopic (exact) mass is 290 g/mol. The number of hydrogen-bond donors (Lipinski definition) is 3. The Morgan fingerprint density at radius 1 is 1.19 bits per heavy atom. The first kappa shape index (κ1) is 15.5. The Hall–Kier alpha value is -1.85. The van der Waals surface area contributed by atoms with E-state index in [1.54, 1.807) is 6.20 Å². The molecular formula is C15H26N6. The highest BCUT2D eigenvalue weighted by molar-refractivity contribution is 5.87. The van der Waals surface area contributed by atoms with Crippen LogP contribution in [0, 0.1) is 5.92 Å². The summed E-state index contributed by atoms with van der Waals surface area (Å²) in [6.45, 7) is 9.55. The molecule has 0 amide bonds. The lowest BCUT2D eigenvalue weighted by atomic mass is 10.0. The molecule has 2 aromatic rings. The van der Waals surface area contributed by atoms with E-state index in [2.05, 4.69) is 51.6 Å². The normalized spacial score (nSPS) is 12.8. The summed E-state index contributed by atoms with van der Waals surface area (Å²) < 4.78 is 0. The van der Waals surface area contributed by atoms with Crippen molar-refractivity contribution in [1.82, 2.24) is 20.2 Å². The van der Waals surface area contributed by atoms with Crippen LogP contribution in [-0.2, 0) is 0 Å². The number of anilines is 2. The van der Waals surface area contributed by atoms with Crippen LogP contribution in [-0.4, -0.2) is 32.8 Å². The first-order chi connectivity index (χ1) is 10.1. The minimum Gasteiger partial charge on any atom is -0.367 e. The van der Waals surface area contributed by atoms with Crippen molar-refractivity contribution in [1.29, 1.82) is 0 Å². The summed E-state index contributed by atoms with van der Waals surface area (Å²) in [5.74, 6) is 2.24. The van der Waals surface area contributed by atoms with Crippen molar-refractivity contribution in [3.8, 4) is 0 Å². The van der Waals surface area contributed by atoms with Crippen LogP contribution in [0.25, 0.3) is 11.0 Å². The zero-order valence-electron chi connectivity index (χ0n) is 13.4. The lowest BCUT2D eigenvalue weighted by Gasteiger charge is -2.16. The summed E-state index contributed by atoms with van der Waals surface area (Å²) in [6.07, 6.45) is 5.40. The van der Waals surface area contributed by atoms with Gasteiger partial charge in [-0.05, 0) is 26.2 Å². The van der Waals surface area contributed by atoms with Crippen LogP contribution in [0.15, 0.2) is 6.20 Å². The summed E-state index contributed by atoms with van der Waals surface area (Å²) in [7, 11) is 0. The quantitative estimate of drug-likeness (QED) is 0.694. The highest BCUT2D eigenvalue weighted by atomic mass is 15.2. The van der Waals surface area contributed by atoms with E-state index in [9.17, 15) is 0 Å². The number of H-pyrrole nitrogens is 1. The number of nitrogens with zero attached hydrogens (tertiary/aromatic N) is 3. The minimum absolute atomic E-state index is 0.381. The SMILES string of the molecule is CCNc1nc(NC(C)CCCC(C)C)c2cn[nH]c2n1. The van der Waals surface area contributed by atoms with Crippen LogP contribution < -0.4 is 10.6 Å². The Bertz CT molecular complexity index is 562. The van der Waals surface area contributed by atoms with Crippen molar-refractivity contribution in [2.24, 2.45) is 5.92 Å². The molecule has 2 aromatic heterocycles. The maximum atomic E-state index is 4.55. The topological polar surface area (TPSA) is 78.5 Å². The molecule has 0 aliphatic heterocycles. The van der Waals surface area contributed by atoms with Crippen LogP contribution in [0.5, 0.6) is 0 Å². The fourth-order valence-electron chi connectivity index (χ4n) is 2.32. The number of aromatic amines is 1. The molecule has 2 heterocycles. The predicted octanol–water partition coefficient (Wildman–Crippen LogP) is 3.41. The Morgan fingerprint density at radius 2 is 2.00 bits per heavy atom. The van der Waals surface area contributed by atoms with Gasteiger partial charge in [-0.15, -0.1) is 0 Å². The van der Waals surface area contributed by atoms with E-state index in [-0.39, 0.29) is 0 Å². The van der Waals surface area contributed by atoms with Crippen LogP contribution in [0.3, 0.4) is 0 Å². The highest BCUT2D eigenvalue weighted by Crippen LogP contribution is 2.21. The van der Waals surface area contributed by atoms with E-state index in [1.165, 1.54) is 12.8 Å². The van der Waals surface area contributed by atoms with Gasteiger partial charge in [0.1, 0.15) is 5.82 Å². The van der Waals surface area contributed by atoms with E-state index < -0.39 is 0 Å². The van der Waals surface area contributed by atoms with Crippen LogP contribution in [0.1, 0.15) is 47.0 Å². The van der Waals surface area contributed by atoms with Crippen molar-refractivity contribution in [2.45, 2.75) is 53.0 Å². The number of fused-ring (bicyclic) bond motifs is 1. The standard InChI is InChI=1S/C15H26N6/c1-5-16-15-19-13(12-9-17-21-14(12)20-15)18-11(4)8-6-7-10(2)3/h9-11H,5-8H2,1-4H3,(H3,16,17,18,19,20,21). The molecule has 6 nitrogen and oxygen atoms in total. The molecule has 6 heteroatoms. The Balaban J connectivity index is 2.07. The van der Waals surface area contributed by atoms with Crippen molar-refractivity contribution in [2.75, 3.05) is 17.2 Å². The molecule has 0 aliphatic carbocycles. The van der Waals surface area contributed by atoms with Crippen LogP contribution in [0.2, 0.25) is 0 Å². The van der Waals surface area contributed by atoms with Gasteiger partial charge in [-0.25, -0.2) is 0 Å². The molecule has 0 fully saturated rings. The molecule has 116 valence electrons. The third-order valence-electron chi connectivity index (χ3n) is 3.45. The Morgan fingerprint density at radius 3 is 2.71 bits per heavy atom. The maximum absolute atomic E-state index is 4.55. The Labute approximate surface area is 126 Å². The third-order valence-corrected chi connectivity index (χ3v) is 3.45. The first-order valence-corrected chi connectivity index (χ1v) is 7.81. The number of nitrogens with one attached hydrogen (secondary N) is 3. The predicted molar refractivity (Wildman–Crippen MR) is 87.6 cm³/mol. The van der Waals surface area contributed by atoms with Gasteiger partial charge >= 0.3 is 0 Å². The summed E-state index contributed by atoms with van der Waals surface area (Å²) in [4.78, 5) is 8.95. The van der Waals surface area contributed by atoms with Gasteiger partial charge in [0.25, 0.3) is 0 Å². The molecule has 1 unspecified atom stereocenters.